The number of nitrogens with one attached hydrogen (secondary N) is 1. The summed E-state index contributed by atoms with van der Waals surface area (Å²) < 4.78 is 5.45. The van der Waals surface area contributed by atoms with E-state index in [0.29, 0.717) is 31.2 Å². The molecule has 2 N–H and O–H groups in total. The maximum atomic E-state index is 11.9. The van der Waals surface area contributed by atoms with Crippen LogP contribution in [0.1, 0.15) is 19.3 Å². The van der Waals surface area contributed by atoms with Crippen molar-refractivity contribution in [1.82, 2.24) is 10.2 Å². The molecule has 1 rings (SSSR count). The molecule has 0 spiro atoms. The van der Waals surface area contributed by atoms with Crippen molar-refractivity contribution in [1.29, 1.82) is 0 Å². The van der Waals surface area contributed by atoms with Crippen molar-refractivity contribution in [2.24, 2.45) is 5.92 Å². The Labute approximate surface area is 124 Å². The third kappa shape index (κ3) is 7.00. The highest BCUT2D eigenvalue weighted by Crippen LogP contribution is 2.28. The van der Waals surface area contributed by atoms with E-state index in [1.165, 1.54) is 17.7 Å². The summed E-state index contributed by atoms with van der Waals surface area (Å²) in [5, 5.41) is 11.6. The summed E-state index contributed by atoms with van der Waals surface area (Å²) in [7, 11) is 1.64. The number of amides is 2. The second-order valence-electron chi connectivity index (χ2n) is 5.06. The lowest BCUT2D eigenvalue weighted by molar-refractivity contribution is -0.139. The molecular formula is C13H24N2O4S. The zero-order valence-corrected chi connectivity index (χ0v) is 12.9. The summed E-state index contributed by atoms with van der Waals surface area (Å²) >= 11 is 1.56. The molecule has 0 aromatic rings. The lowest BCUT2D eigenvalue weighted by atomic mass is 10.2. The molecule has 0 heterocycles. The predicted octanol–water partition coefficient (Wildman–Crippen LogP) is 1.26. The Bertz CT molecular complexity index is 323. The van der Waals surface area contributed by atoms with Gasteiger partial charge in [0.2, 0.25) is 0 Å². The number of hydrogen-bond donors (Lipinski definition) is 2. The third-order valence-corrected chi connectivity index (χ3v) is 3.82. The van der Waals surface area contributed by atoms with Crippen LogP contribution in [0.2, 0.25) is 0 Å². The largest absolute Gasteiger partial charge is 0.480 e. The van der Waals surface area contributed by atoms with Gasteiger partial charge in [0.1, 0.15) is 6.04 Å². The molecule has 0 aromatic heterocycles. The average molecular weight is 304 g/mol. The van der Waals surface area contributed by atoms with Crippen LogP contribution in [0.3, 0.4) is 0 Å². The Hall–Kier alpha value is -0.950. The van der Waals surface area contributed by atoms with Crippen molar-refractivity contribution >= 4 is 23.8 Å². The molecule has 0 unspecified atom stereocenters. The van der Waals surface area contributed by atoms with Gasteiger partial charge in [0.05, 0.1) is 6.61 Å². The number of nitrogens with zero attached hydrogens (tertiary/aromatic N) is 1. The monoisotopic (exact) mass is 304 g/mol. The minimum Gasteiger partial charge on any atom is -0.480 e. The maximum absolute atomic E-state index is 11.9. The van der Waals surface area contributed by atoms with Gasteiger partial charge in [-0.25, -0.2) is 9.59 Å². The van der Waals surface area contributed by atoms with Gasteiger partial charge in [0.25, 0.3) is 0 Å². The average Bonchev–Trinajstić information content (AvgIpc) is 3.22. The number of aliphatic carboxylic acids is 1. The molecule has 0 radical (unpaired) electrons. The van der Waals surface area contributed by atoms with Crippen molar-refractivity contribution in [3.05, 3.63) is 0 Å². The number of urea groups is 1. The summed E-state index contributed by atoms with van der Waals surface area (Å²) in [5.74, 6) is 0.411. The molecule has 0 aromatic carbocycles. The fourth-order valence-corrected chi connectivity index (χ4v) is 2.06. The fraction of sp³-hybridized carbons (Fsp3) is 0.846. The number of thioether (sulfide) groups is 1. The fourth-order valence-electron chi connectivity index (χ4n) is 1.59. The van der Waals surface area contributed by atoms with Crippen LogP contribution in [0.25, 0.3) is 0 Å². The highest BCUT2D eigenvalue weighted by Gasteiger charge is 2.22. The molecule has 20 heavy (non-hydrogen) atoms. The summed E-state index contributed by atoms with van der Waals surface area (Å²) in [6, 6.07) is -1.20. The standard InChI is InChI=1S/C13H24N2O4S/c1-15(6-7-19-9-10-3-4-10)13(18)14-11(12(16)17)5-8-20-2/h10-11H,3-9H2,1-2H3,(H,14,18)(H,16,17)/t11-/m0/s1. The SMILES string of the molecule is CSCC[C@H](NC(=O)N(C)CCOCC1CC1)C(=O)O. The number of rotatable bonds is 10. The minimum absolute atomic E-state index is 0.367. The van der Waals surface area contributed by atoms with Gasteiger partial charge in [-0.2, -0.15) is 11.8 Å². The van der Waals surface area contributed by atoms with E-state index < -0.39 is 12.0 Å². The third-order valence-electron chi connectivity index (χ3n) is 3.17. The first kappa shape index (κ1) is 17.1. The van der Waals surface area contributed by atoms with E-state index in [-0.39, 0.29) is 6.03 Å². The number of hydrogen-bond acceptors (Lipinski definition) is 4. The molecule has 2 amide bonds. The van der Waals surface area contributed by atoms with Gasteiger partial charge in [-0.3, -0.25) is 0 Å². The normalized spacial score (nSPS) is 15.7. The minimum atomic E-state index is -0.995. The van der Waals surface area contributed by atoms with Crippen LogP contribution in [-0.4, -0.2) is 66.9 Å². The number of carbonyl (C=O) groups excluding carboxylic acids is 1. The van der Waals surface area contributed by atoms with Crippen LogP contribution in [-0.2, 0) is 9.53 Å². The second-order valence-corrected chi connectivity index (χ2v) is 6.05. The number of likely N-dealkylation sites (N-methyl/N-ethyl adjacent to an activating group) is 1. The lowest BCUT2D eigenvalue weighted by Gasteiger charge is -2.21. The van der Waals surface area contributed by atoms with Crippen LogP contribution in [0.4, 0.5) is 4.79 Å². The Balaban J connectivity index is 2.20. The van der Waals surface area contributed by atoms with Crippen molar-refractivity contribution in [2.45, 2.75) is 25.3 Å². The van der Waals surface area contributed by atoms with Crippen molar-refractivity contribution in [3.63, 3.8) is 0 Å². The van der Waals surface area contributed by atoms with Crippen LogP contribution in [0.5, 0.6) is 0 Å². The van der Waals surface area contributed by atoms with Crippen molar-refractivity contribution in [3.8, 4) is 0 Å². The molecule has 1 saturated carbocycles. The van der Waals surface area contributed by atoms with E-state index in [0.717, 1.165) is 6.61 Å². The Kier molecular flexibility index (Phi) is 7.76. The van der Waals surface area contributed by atoms with Crippen LogP contribution < -0.4 is 5.32 Å². The molecule has 1 aliphatic rings. The molecule has 0 saturated heterocycles. The Morgan fingerprint density at radius 1 is 1.50 bits per heavy atom. The summed E-state index contributed by atoms with van der Waals surface area (Å²) in [6.45, 7) is 1.72. The van der Waals surface area contributed by atoms with E-state index in [4.69, 9.17) is 9.84 Å². The molecule has 1 atom stereocenters. The first-order valence-electron chi connectivity index (χ1n) is 6.85. The van der Waals surface area contributed by atoms with E-state index in [1.54, 1.807) is 18.8 Å². The topological polar surface area (TPSA) is 78.9 Å². The van der Waals surface area contributed by atoms with Gasteiger partial charge in [-0.15, -0.1) is 0 Å². The van der Waals surface area contributed by atoms with Crippen LogP contribution in [0.15, 0.2) is 0 Å². The first-order chi connectivity index (χ1) is 9.54. The zero-order chi connectivity index (χ0) is 15.0. The smallest absolute Gasteiger partial charge is 0.326 e. The number of carbonyl (C=O) groups is 2. The maximum Gasteiger partial charge on any atom is 0.326 e. The van der Waals surface area contributed by atoms with Crippen molar-refractivity contribution in [2.75, 3.05) is 38.8 Å². The van der Waals surface area contributed by atoms with E-state index in [9.17, 15) is 9.59 Å². The summed E-state index contributed by atoms with van der Waals surface area (Å²) in [4.78, 5) is 24.3. The highest BCUT2D eigenvalue weighted by atomic mass is 32.2. The van der Waals surface area contributed by atoms with Gasteiger partial charge < -0.3 is 20.1 Å². The highest BCUT2D eigenvalue weighted by molar-refractivity contribution is 7.98. The van der Waals surface area contributed by atoms with E-state index >= 15 is 0 Å². The predicted molar refractivity (Wildman–Crippen MR) is 79.1 cm³/mol. The van der Waals surface area contributed by atoms with Gasteiger partial charge in [0, 0.05) is 20.2 Å². The Morgan fingerprint density at radius 3 is 2.75 bits per heavy atom. The molecule has 6 nitrogen and oxygen atoms in total. The van der Waals surface area contributed by atoms with E-state index in [2.05, 4.69) is 5.32 Å². The summed E-state index contributed by atoms with van der Waals surface area (Å²) in [5.41, 5.74) is 0. The Morgan fingerprint density at radius 2 is 2.20 bits per heavy atom. The van der Waals surface area contributed by atoms with Crippen LogP contribution >= 0.6 is 11.8 Å². The van der Waals surface area contributed by atoms with Crippen LogP contribution in [0, 0.1) is 5.92 Å². The molecule has 7 heteroatoms. The molecular weight excluding hydrogens is 280 g/mol. The molecule has 1 fully saturated rings. The molecule has 116 valence electrons. The first-order valence-corrected chi connectivity index (χ1v) is 8.25. The van der Waals surface area contributed by atoms with Gasteiger partial charge in [-0.05, 0) is 37.2 Å². The number of carboxylic acids is 1. The number of carboxylic acid groups (broad SMARTS) is 1. The second kappa shape index (κ2) is 9.07. The molecule has 0 bridgehead atoms. The van der Waals surface area contributed by atoms with Gasteiger partial charge in [-0.1, -0.05) is 0 Å². The van der Waals surface area contributed by atoms with Gasteiger partial charge >= 0.3 is 12.0 Å². The summed E-state index contributed by atoms with van der Waals surface area (Å²) in [6.07, 6.45) is 4.82. The molecule has 0 aliphatic heterocycles. The lowest BCUT2D eigenvalue weighted by Crippen LogP contribution is -2.47. The van der Waals surface area contributed by atoms with E-state index in [1.807, 2.05) is 6.26 Å². The molecule has 1 aliphatic carbocycles. The quantitative estimate of drug-likeness (QED) is 0.594. The van der Waals surface area contributed by atoms with Gasteiger partial charge in [0.15, 0.2) is 0 Å². The van der Waals surface area contributed by atoms with Crippen molar-refractivity contribution < 1.29 is 19.4 Å². The number of ether oxygens (including phenoxy) is 1. The zero-order valence-electron chi connectivity index (χ0n) is 12.1.